The van der Waals surface area contributed by atoms with E-state index in [9.17, 15) is 9.59 Å². The predicted octanol–water partition coefficient (Wildman–Crippen LogP) is 0.472. The van der Waals surface area contributed by atoms with Crippen LogP contribution in [0.15, 0.2) is 29.1 Å². The van der Waals surface area contributed by atoms with Gasteiger partial charge in [-0.1, -0.05) is 12.1 Å². The number of H-pyrrole nitrogens is 1. The topological polar surface area (TPSA) is 77.2 Å². The van der Waals surface area contributed by atoms with Gasteiger partial charge in [-0.15, -0.1) is 0 Å². The number of rotatable bonds is 4. The highest BCUT2D eigenvalue weighted by molar-refractivity contribution is 5.95. The van der Waals surface area contributed by atoms with Crippen LogP contribution in [0.5, 0.6) is 0 Å². The smallest absolute Gasteiger partial charge is 0.267 e. The van der Waals surface area contributed by atoms with E-state index in [1.54, 1.807) is 0 Å². The number of pyridine rings is 1. The van der Waals surface area contributed by atoms with Crippen molar-refractivity contribution in [2.75, 3.05) is 39.3 Å². The average Bonchev–Trinajstić information content (AvgIpc) is 2.55. The number of nitrogens with one attached hydrogen (secondary N) is 3. The number of hydrogen-bond donors (Lipinski definition) is 3. The lowest BCUT2D eigenvalue weighted by Gasteiger charge is -2.27. The minimum absolute atomic E-state index is 0.121. The normalized spacial score (nSPS) is 15.7. The fourth-order valence-corrected chi connectivity index (χ4v) is 2.96. The third kappa shape index (κ3) is 3.60. The lowest BCUT2D eigenvalue weighted by Crippen LogP contribution is -2.46. The van der Waals surface area contributed by atoms with Crippen molar-refractivity contribution in [1.29, 1.82) is 0 Å². The van der Waals surface area contributed by atoms with E-state index in [1.165, 1.54) is 6.07 Å². The summed E-state index contributed by atoms with van der Waals surface area (Å²) in [5.74, 6) is -0.236. The Kier molecular flexibility index (Phi) is 4.73. The standard InChI is InChI=1S/C17H22N4O2/c1-12-3-2-4-13-16(12)15(22)11-14(20-13)17(23)19-7-10-21-8-5-18-6-9-21/h2-4,11,18H,5-10H2,1H3,(H,19,23)(H,20,22). The molecular formula is C17H22N4O2. The van der Waals surface area contributed by atoms with Crippen LogP contribution in [-0.2, 0) is 0 Å². The fraction of sp³-hybridized carbons (Fsp3) is 0.412. The van der Waals surface area contributed by atoms with Gasteiger partial charge in [-0.25, -0.2) is 0 Å². The molecule has 0 aliphatic carbocycles. The summed E-state index contributed by atoms with van der Waals surface area (Å²) in [6, 6.07) is 6.97. The highest BCUT2D eigenvalue weighted by Gasteiger charge is 2.12. The average molecular weight is 314 g/mol. The summed E-state index contributed by atoms with van der Waals surface area (Å²) in [6.45, 7) is 7.28. The van der Waals surface area contributed by atoms with Gasteiger partial charge in [0.05, 0.1) is 5.52 Å². The van der Waals surface area contributed by atoms with Crippen LogP contribution in [0.4, 0.5) is 0 Å². The minimum atomic E-state index is -0.236. The minimum Gasteiger partial charge on any atom is -0.350 e. The molecule has 2 heterocycles. The number of nitrogens with zero attached hydrogens (tertiary/aromatic N) is 1. The number of aromatic amines is 1. The molecule has 6 nitrogen and oxygen atoms in total. The highest BCUT2D eigenvalue weighted by Crippen LogP contribution is 2.12. The van der Waals surface area contributed by atoms with Gasteiger partial charge in [0, 0.05) is 50.7 Å². The summed E-state index contributed by atoms with van der Waals surface area (Å²) in [4.78, 5) is 29.9. The van der Waals surface area contributed by atoms with E-state index in [-0.39, 0.29) is 11.3 Å². The van der Waals surface area contributed by atoms with Gasteiger partial charge in [0.1, 0.15) is 5.69 Å². The maximum Gasteiger partial charge on any atom is 0.267 e. The second-order valence-corrected chi connectivity index (χ2v) is 5.89. The molecule has 3 rings (SSSR count). The van der Waals surface area contributed by atoms with Gasteiger partial charge in [0.15, 0.2) is 5.43 Å². The molecule has 0 atom stereocenters. The summed E-state index contributed by atoms with van der Waals surface area (Å²) in [5, 5.41) is 6.82. The summed E-state index contributed by atoms with van der Waals surface area (Å²) in [7, 11) is 0. The first-order chi connectivity index (χ1) is 11.1. The molecular weight excluding hydrogens is 292 g/mol. The van der Waals surface area contributed by atoms with Crippen LogP contribution < -0.4 is 16.1 Å². The SMILES string of the molecule is Cc1cccc2[nH]c(C(=O)NCCN3CCNCC3)cc(=O)c12. The molecule has 2 aromatic rings. The fourth-order valence-electron chi connectivity index (χ4n) is 2.96. The van der Waals surface area contributed by atoms with Crippen molar-refractivity contribution in [1.82, 2.24) is 20.5 Å². The zero-order valence-electron chi connectivity index (χ0n) is 13.3. The number of carbonyl (C=O) groups is 1. The number of amides is 1. The Hall–Kier alpha value is -2.18. The molecule has 23 heavy (non-hydrogen) atoms. The Morgan fingerprint density at radius 1 is 1.30 bits per heavy atom. The Morgan fingerprint density at radius 2 is 2.09 bits per heavy atom. The largest absolute Gasteiger partial charge is 0.350 e. The number of carbonyl (C=O) groups excluding carboxylic acids is 1. The first-order valence-corrected chi connectivity index (χ1v) is 7.99. The van der Waals surface area contributed by atoms with Crippen LogP contribution >= 0.6 is 0 Å². The van der Waals surface area contributed by atoms with Crippen molar-refractivity contribution < 1.29 is 4.79 Å². The number of hydrogen-bond acceptors (Lipinski definition) is 4. The number of piperazine rings is 1. The molecule has 1 aliphatic heterocycles. The molecule has 1 amide bonds. The van der Waals surface area contributed by atoms with Crippen molar-refractivity contribution in [3.05, 3.63) is 45.7 Å². The van der Waals surface area contributed by atoms with Crippen molar-refractivity contribution in [3.8, 4) is 0 Å². The monoisotopic (exact) mass is 314 g/mol. The van der Waals surface area contributed by atoms with Crippen LogP contribution in [0, 0.1) is 6.92 Å². The van der Waals surface area contributed by atoms with E-state index >= 15 is 0 Å². The lowest BCUT2D eigenvalue weighted by molar-refractivity contribution is 0.0942. The Labute approximate surface area is 134 Å². The third-order valence-corrected chi connectivity index (χ3v) is 4.23. The van der Waals surface area contributed by atoms with E-state index in [4.69, 9.17) is 0 Å². The van der Waals surface area contributed by atoms with E-state index in [0.717, 1.165) is 38.3 Å². The van der Waals surface area contributed by atoms with Crippen molar-refractivity contribution >= 4 is 16.8 Å². The predicted molar refractivity (Wildman–Crippen MR) is 90.9 cm³/mol. The first kappa shape index (κ1) is 15.7. The molecule has 1 fully saturated rings. The first-order valence-electron chi connectivity index (χ1n) is 7.99. The van der Waals surface area contributed by atoms with Crippen LogP contribution in [0.2, 0.25) is 0 Å². The van der Waals surface area contributed by atoms with E-state index in [2.05, 4.69) is 20.5 Å². The van der Waals surface area contributed by atoms with Crippen LogP contribution in [0.1, 0.15) is 16.1 Å². The van der Waals surface area contributed by atoms with Crippen LogP contribution in [-0.4, -0.2) is 55.1 Å². The van der Waals surface area contributed by atoms with E-state index in [1.807, 2.05) is 25.1 Å². The molecule has 0 saturated carbocycles. The Morgan fingerprint density at radius 3 is 2.87 bits per heavy atom. The zero-order chi connectivity index (χ0) is 16.2. The van der Waals surface area contributed by atoms with E-state index in [0.29, 0.717) is 23.1 Å². The molecule has 1 saturated heterocycles. The van der Waals surface area contributed by atoms with Gasteiger partial charge < -0.3 is 15.6 Å². The number of benzene rings is 1. The van der Waals surface area contributed by atoms with Crippen molar-refractivity contribution in [2.45, 2.75) is 6.92 Å². The molecule has 122 valence electrons. The van der Waals surface area contributed by atoms with Gasteiger partial charge in [-0.3, -0.25) is 14.5 Å². The second kappa shape index (κ2) is 6.93. The summed E-state index contributed by atoms with van der Waals surface area (Å²) < 4.78 is 0. The molecule has 0 bridgehead atoms. The van der Waals surface area contributed by atoms with Gasteiger partial charge in [0.25, 0.3) is 5.91 Å². The quantitative estimate of drug-likeness (QED) is 0.767. The molecule has 1 aromatic carbocycles. The molecule has 0 unspecified atom stereocenters. The lowest BCUT2D eigenvalue weighted by atomic mass is 10.1. The van der Waals surface area contributed by atoms with Crippen LogP contribution in [0.3, 0.4) is 0 Å². The van der Waals surface area contributed by atoms with Gasteiger partial charge in [-0.05, 0) is 18.6 Å². The third-order valence-electron chi connectivity index (χ3n) is 4.23. The van der Waals surface area contributed by atoms with Crippen molar-refractivity contribution in [2.24, 2.45) is 0 Å². The van der Waals surface area contributed by atoms with Gasteiger partial charge >= 0.3 is 0 Å². The maximum atomic E-state index is 12.3. The molecule has 3 N–H and O–H groups in total. The Balaban J connectivity index is 1.67. The summed E-state index contributed by atoms with van der Waals surface area (Å²) in [5.41, 5.74) is 1.80. The molecule has 0 radical (unpaired) electrons. The van der Waals surface area contributed by atoms with Crippen molar-refractivity contribution in [3.63, 3.8) is 0 Å². The Bertz CT molecular complexity index is 763. The number of aromatic nitrogens is 1. The van der Waals surface area contributed by atoms with Gasteiger partial charge in [0.2, 0.25) is 0 Å². The number of fused-ring (bicyclic) bond motifs is 1. The molecule has 1 aliphatic rings. The van der Waals surface area contributed by atoms with E-state index < -0.39 is 0 Å². The zero-order valence-corrected chi connectivity index (χ0v) is 13.3. The highest BCUT2D eigenvalue weighted by atomic mass is 16.2. The summed E-state index contributed by atoms with van der Waals surface area (Å²) >= 11 is 0. The summed E-state index contributed by atoms with van der Waals surface area (Å²) in [6.07, 6.45) is 0. The number of aryl methyl sites for hydroxylation is 1. The maximum absolute atomic E-state index is 12.3. The van der Waals surface area contributed by atoms with Gasteiger partial charge in [-0.2, -0.15) is 0 Å². The molecule has 0 spiro atoms. The van der Waals surface area contributed by atoms with Crippen LogP contribution in [0.25, 0.3) is 10.9 Å². The molecule has 6 heteroatoms. The molecule has 1 aromatic heterocycles. The second-order valence-electron chi connectivity index (χ2n) is 5.89.